The maximum Gasteiger partial charge on any atom is 0.248 e. The molecule has 5 heteroatoms. The van der Waals surface area contributed by atoms with Gasteiger partial charge in [-0.1, -0.05) is 19.1 Å². The molecule has 150 valence electrons. The number of carbonyl (C=O) groups is 1. The van der Waals surface area contributed by atoms with E-state index in [1.165, 1.54) is 12.3 Å². The number of hydrogen-bond donors (Lipinski definition) is 1. The number of primary amides is 1. The Balaban J connectivity index is 1.51. The van der Waals surface area contributed by atoms with Gasteiger partial charge in [-0.3, -0.25) is 9.78 Å². The van der Waals surface area contributed by atoms with Crippen LogP contribution in [0.2, 0.25) is 0 Å². The number of amides is 1. The van der Waals surface area contributed by atoms with Crippen molar-refractivity contribution in [1.82, 2.24) is 4.98 Å². The fourth-order valence-corrected chi connectivity index (χ4v) is 6.33. The topological polar surface area (TPSA) is 56.0 Å². The number of benzene rings is 1. The molecule has 5 atom stereocenters. The lowest BCUT2D eigenvalue weighted by atomic mass is 9.53. The molecule has 1 saturated carbocycles. The number of rotatable bonds is 2. The smallest absolute Gasteiger partial charge is 0.248 e. The van der Waals surface area contributed by atoms with E-state index in [1.807, 2.05) is 12.1 Å². The lowest BCUT2D eigenvalue weighted by molar-refractivity contribution is 0.0237. The molecule has 1 aromatic carbocycles. The average molecular weight is 394 g/mol. The Kier molecular flexibility index (Phi) is 4.12. The lowest BCUT2D eigenvalue weighted by Crippen LogP contribution is -2.46. The molecule has 29 heavy (non-hydrogen) atoms. The molecule has 2 N–H and O–H groups in total. The monoisotopic (exact) mass is 394 g/mol. The van der Waals surface area contributed by atoms with Crippen LogP contribution in [0.4, 0.5) is 8.78 Å². The third kappa shape index (κ3) is 2.74. The van der Waals surface area contributed by atoms with Crippen molar-refractivity contribution in [2.45, 2.75) is 44.7 Å². The number of alkyl halides is 1. The summed E-state index contributed by atoms with van der Waals surface area (Å²) in [7, 11) is 0. The van der Waals surface area contributed by atoms with E-state index in [1.54, 1.807) is 12.3 Å². The molecular formula is C24H24F2N2O. The van der Waals surface area contributed by atoms with E-state index in [-0.39, 0.29) is 23.1 Å². The third-order valence-electron chi connectivity index (χ3n) is 7.55. The second-order valence-corrected chi connectivity index (χ2v) is 9.00. The molecule has 1 amide bonds. The van der Waals surface area contributed by atoms with E-state index in [9.17, 15) is 9.18 Å². The number of hydrogen-bond acceptors (Lipinski definition) is 2. The van der Waals surface area contributed by atoms with Crippen molar-refractivity contribution in [2.75, 3.05) is 0 Å². The second-order valence-electron chi connectivity index (χ2n) is 9.00. The lowest BCUT2D eigenvalue weighted by Gasteiger charge is -2.51. The van der Waals surface area contributed by atoms with E-state index in [0.29, 0.717) is 17.9 Å². The van der Waals surface area contributed by atoms with E-state index in [2.05, 4.69) is 18.0 Å². The Morgan fingerprint density at radius 3 is 2.86 bits per heavy atom. The van der Waals surface area contributed by atoms with Gasteiger partial charge in [0.1, 0.15) is 12.0 Å². The van der Waals surface area contributed by atoms with Gasteiger partial charge in [0.2, 0.25) is 5.91 Å². The molecule has 0 spiro atoms. The summed E-state index contributed by atoms with van der Waals surface area (Å²) in [5.41, 5.74) is 9.47. The quantitative estimate of drug-likeness (QED) is 0.794. The van der Waals surface area contributed by atoms with Gasteiger partial charge in [-0.05, 0) is 83.4 Å². The zero-order valence-corrected chi connectivity index (χ0v) is 16.4. The van der Waals surface area contributed by atoms with Crippen molar-refractivity contribution in [3.8, 4) is 0 Å². The molecule has 3 nitrogen and oxygen atoms in total. The summed E-state index contributed by atoms with van der Waals surface area (Å²) in [6, 6.07) is 6.97. The van der Waals surface area contributed by atoms with Gasteiger partial charge >= 0.3 is 0 Å². The molecule has 5 rings (SSSR count). The fraction of sp³-hybridized carbons (Fsp3) is 0.417. The molecular weight excluding hydrogens is 370 g/mol. The fourth-order valence-electron chi connectivity index (χ4n) is 6.33. The maximum absolute atomic E-state index is 15.7. The number of aromatic nitrogens is 1. The number of fused-ring (bicyclic) bond motifs is 5. The van der Waals surface area contributed by atoms with Crippen LogP contribution in [0.5, 0.6) is 0 Å². The first-order valence-corrected chi connectivity index (χ1v) is 10.3. The first kappa shape index (κ1) is 18.5. The predicted molar refractivity (Wildman–Crippen MR) is 107 cm³/mol. The van der Waals surface area contributed by atoms with Crippen molar-refractivity contribution < 1.29 is 13.6 Å². The van der Waals surface area contributed by atoms with Crippen LogP contribution in [0.15, 0.2) is 42.7 Å². The molecule has 3 aliphatic carbocycles. The molecule has 1 fully saturated rings. The van der Waals surface area contributed by atoms with E-state index >= 15 is 4.39 Å². The van der Waals surface area contributed by atoms with Crippen molar-refractivity contribution in [2.24, 2.45) is 23.0 Å². The summed E-state index contributed by atoms with van der Waals surface area (Å²) in [6.07, 6.45) is 7.08. The average Bonchev–Trinajstić information content (AvgIpc) is 3.03. The van der Waals surface area contributed by atoms with Crippen LogP contribution in [0.25, 0.3) is 5.57 Å². The highest BCUT2D eigenvalue weighted by Crippen LogP contribution is 2.63. The number of carbonyl (C=O) groups excluding carboxylic acids is 1. The first-order chi connectivity index (χ1) is 13.9. The Morgan fingerprint density at radius 1 is 1.28 bits per heavy atom. The van der Waals surface area contributed by atoms with Crippen LogP contribution in [0.3, 0.4) is 0 Å². The van der Waals surface area contributed by atoms with Crippen LogP contribution < -0.4 is 5.73 Å². The number of aryl methyl sites for hydroxylation is 1. The number of pyridine rings is 1. The summed E-state index contributed by atoms with van der Waals surface area (Å²) in [4.78, 5) is 15.5. The molecule has 5 unspecified atom stereocenters. The minimum atomic E-state index is -0.984. The van der Waals surface area contributed by atoms with E-state index in [4.69, 9.17) is 5.73 Å². The zero-order chi connectivity index (χ0) is 20.3. The largest absolute Gasteiger partial charge is 0.366 e. The molecule has 0 bridgehead atoms. The standard InChI is InChI=1S/C24H24F2N2O/c1-24-10-21(26)22-17-4-3-14(23(27)29)8-13(17)2-5-18(22)20(24)7-6-19(24)15-9-16(25)12-28-11-15/h3-4,6,8-9,11-12,18,20-22H,2,5,7,10H2,1H3,(H2,27,29). The highest BCUT2D eigenvalue weighted by molar-refractivity contribution is 5.93. The van der Waals surface area contributed by atoms with Crippen LogP contribution >= 0.6 is 0 Å². The van der Waals surface area contributed by atoms with Gasteiger partial charge in [-0.25, -0.2) is 8.78 Å². The minimum Gasteiger partial charge on any atom is -0.366 e. The van der Waals surface area contributed by atoms with Crippen LogP contribution in [0.1, 0.15) is 59.2 Å². The van der Waals surface area contributed by atoms with Crippen molar-refractivity contribution in [3.05, 3.63) is 70.8 Å². The number of halogens is 2. The van der Waals surface area contributed by atoms with Gasteiger partial charge < -0.3 is 5.73 Å². The minimum absolute atomic E-state index is 0.155. The normalized spacial score (nSPS) is 32.7. The number of nitrogens with two attached hydrogens (primary N) is 1. The molecule has 3 aliphatic rings. The molecule has 0 radical (unpaired) electrons. The summed E-state index contributed by atoms with van der Waals surface area (Å²) >= 11 is 0. The van der Waals surface area contributed by atoms with Gasteiger partial charge in [0.25, 0.3) is 0 Å². The highest BCUT2D eigenvalue weighted by Gasteiger charge is 2.55. The van der Waals surface area contributed by atoms with Crippen LogP contribution in [-0.2, 0) is 6.42 Å². The van der Waals surface area contributed by atoms with Crippen LogP contribution in [0, 0.1) is 23.1 Å². The molecule has 1 aromatic heterocycles. The summed E-state index contributed by atoms with van der Waals surface area (Å²) in [5, 5.41) is 0. The van der Waals surface area contributed by atoms with E-state index in [0.717, 1.165) is 41.5 Å². The van der Waals surface area contributed by atoms with Gasteiger partial charge in [-0.2, -0.15) is 0 Å². The highest BCUT2D eigenvalue weighted by atomic mass is 19.1. The van der Waals surface area contributed by atoms with Crippen molar-refractivity contribution in [3.63, 3.8) is 0 Å². The zero-order valence-electron chi connectivity index (χ0n) is 16.4. The number of allylic oxidation sites excluding steroid dienone is 2. The maximum atomic E-state index is 15.7. The summed E-state index contributed by atoms with van der Waals surface area (Å²) in [5.74, 6) is -0.418. The number of nitrogens with zero attached hydrogens (tertiary/aromatic N) is 1. The van der Waals surface area contributed by atoms with E-state index < -0.39 is 12.1 Å². The SMILES string of the molecule is CC12CC(F)C3c4ccc(C(N)=O)cc4CCC3C1CC=C2c1cncc(F)c1. The second kappa shape index (κ2) is 6.48. The molecule has 0 saturated heterocycles. The molecule has 0 aliphatic heterocycles. The molecule has 2 aromatic rings. The molecule has 1 heterocycles. The Labute approximate surface area is 169 Å². The predicted octanol–water partition coefficient (Wildman–Crippen LogP) is 4.82. The van der Waals surface area contributed by atoms with Gasteiger partial charge in [0, 0.05) is 17.7 Å². The van der Waals surface area contributed by atoms with Gasteiger partial charge in [-0.15, -0.1) is 0 Å². The Hall–Kier alpha value is -2.56. The van der Waals surface area contributed by atoms with Crippen molar-refractivity contribution >= 4 is 11.5 Å². The summed E-state index contributed by atoms with van der Waals surface area (Å²) in [6.45, 7) is 2.13. The summed E-state index contributed by atoms with van der Waals surface area (Å²) < 4.78 is 29.5. The Bertz CT molecular complexity index is 1030. The van der Waals surface area contributed by atoms with Crippen LogP contribution in [-0.4, -0.2) is 17.1 Å². The first-order valence-electron chi connectivity index (χ1n) is 10.3. The van der Waals surface area contributed by atoms with Gasteiger partial charge in [0.05, 0.1) is 6.20 Å². The van der Waals surface area contributed by atoms with Gasteiger partial charge in [0.15, 0.2) is 0 Å². The third-order valence-corrected chi connectivity index (χ3v) is 7.55. The van der Waals surface area contributed by atoms with Crippen molar-refractivity contribution in [1.29, 1.82) is 0 Å². The Morgan fingerprint density at radius 2 is 2.10 bits per heavy atom.